The molecule has 0 aliphatic carbocycles. The first-order valence-corrected chi connectivity index (χ1v) is 7.37. The third-order valence-corrected chi connectivity index (χ3v) is 4.96. The molecule has 0 saturated carbocycles. The van der Waals surface area contributed by atoms with E-state index >= 15 is 0 Å². The van der Waals surface area contributed by atoms with Gasteiger partial charge in [0.05, 0.1) is 0 Å². The number of hydrogen-bond acceptors (Lipinski definition) is 4. The molecular weight excluding hydrogens is 244 g/mol. The van der Waals surface area contributed by atoms with Crippen molar-refractivity contribution in [3.8, 4) is 0 Å². The molecule has 2 N–H and O–H groups in total. The van der Waals surface area contributed by atoms with Gasteiger partial charge < -0.3 is 5.32 Å². The summed E-state index contributed by atoms with van der Waals surface area (Å²) < 4.78 is 26.9. The van der Waals surface area contributed by atoms with Gasteiger partial charge in [0, 0.05) is 12.1 Å². The molecule has 1 heterocycles. The van der Waals surface area contributed by atoms with Crippen molar-refractivity contribution in [1.29, 1.82) is 0 Å². The van der Waals surface area contributed by atoms with Crippen LogP contribution >= 0.6 is 11.3 Å². The molecule has 0 bridgehead atoms. The van der Waals surface area contributed by atoms with Crippen LogP contribution in [0.5, 0.6) is 0 Å². The second-order valence-corrected chi connectivity index (χ2v) is 7.48. The van der Waals surface area contributed by atoms with E-state index in [2.05, 4.69) is 10.0 Å². The van der Waals surface area contributed by atoms with Crippen molar-refractivity contribution in [3.63, 3.8) is 0 Å². The Morgan fingerprint density at radius 2 is 2.00 bits per heavy atom. The molecule has 0 amide bonds. The number of hydrogen-bond donors (Lipinski definition) is 2. The summed E-state index contributed by atoms with van der Waals surface area (Å²) in [6, 6.07) is 1.70. The van der Waals surface area contributed by atoms with Gasteiger partial charge in [0.25, 0.3) is 10.0 Å². The number of sulfonamides is 1. The van der Waals surface area contributed by atoms with Crippen LogP contribution in [-0.4, -0.2) is 21.0 Å². The van der Waals surface area contributed by atoms with Gasteiger partial charge in [-0.2, -0.15) is 0 Å². The predicted octanol–water partition coefficient (Wildman–Crippen LogP) is 1.54. The summed E-state index contributed by atoms with van der Waals surface area (Å²) in [5.74, 6) is 0. The van der Waals surface area contributed by atoms with E-state index in [9.17, 15) is 8.42 Å². The molecule has 0 aliphatic rings. The van der Waals surface area contributed by atoms with Crippen LogP contribution in [0.25, 0.3) is 0 Å². The largest absolute Gasteiger partial charge is 0.316 e. The highest BCUT2D eigenvalue weighted by molar-refractivity contribution is 7.91. The van der Waals surface area contributed by atoms with Crippen LogP contribution in [0.1, 0.15) is 26.3 Å². The minimum atomic E-state index is -3.37. The van der Waals surface area contributed by atoms with Crippen molar-refractivity contribution < 1.29 is 8.42 Å². The van der Waals surface area contributed by atoms with Gasteiger partial charge in [-0.3, -0.25) is 0 Å². The van der Waals surface area contributed by atoms with Gasteiger partial charge in [-0.15, -0.1) is 11.3 Å². The Balaban J connectivity index is 2.90. The molecule has 1 aromatic rings. The minimum Gasteiger partial charge on any atom is -0.316 e. The lowest BCUT2D eigenvalue weighted by molar-refractivity contribution is 0.492. The summed E-state index contributed by atoms with van der Waals surface area (Å²) in [7, 11) is -1.54. The molecule has 1 rings (SSSR count). The van der Waals surface area contributed by atoms with Crippen molar-refractivity contribution in [2.45, 2.75) is 37.1 Å². The van der Waals surface area contributed by atoms with Gasteiger partial charge in [-0.1, -0.05) is 0 Å². The molecule has 0 radical (unpaired) electrons. The standard InChI is InChI=1S/C10H18N2O2S2/c1-10(2,3)12-16(13,14)9-5-8(6-11-4)7-15-9/h5,7,11-12H,6H2,1-4H3. The fraction of sp³-hybridized carbons (Fsp3) is 0.600. The first-order valence-electron chi connectivity index (χ1n) is 5.00. The van der Waals surface area contributed by atoms with Gasteiger partial charge >= 0.3 is 0 Å². The molecule has 0 aromatic carbocycles. The Kier molecular flexibility index (Phi) is 4.12. The van der Waals surface area contributed by atoms with E-state index in [1.54, 1.807) is 6.07 Å². The third-order valence-electron chi connectivity index (χ3n) is 1.72. The van der Waals surface area contributed by atoms with Crippen molar-refractivity contribution in [3.05, 3.63) is 17.0 Å². The fourth-order valence-corrected chi connectivity index (χ4v) is 3.87. The zero-order valence-corrected chi connectivity index (χ0v) is 11.6. The van der Waals surface area contributed by atoms with E-state index in [4.69, 9.17) is 0 Å². The van der Waals surface area contributed by atoms with Crippen molar-refractivity contribution in [1.82, 2.24) is 10.0 Å². The van der Waals surface area contributed by atoms with Gasteiger partial charge in [0.2, 0.25) is 0 Å². The zero-order valence-electron chi connectivity index (χ0n) is 9.99. The first-order chi connectivity index (χ1) is 7.24. The lowest BCUT2D eigenvalue weighted by atomic mass is 10.1. The van der Waals surface area contributed by atoms with Crippen LogP contribution < -0.4 is 10.0 Å². The Hall–Kier alpha value is -0.430. The van der Waals surface area contributed by atoms with Gasteiger partial charge in [-0.05, 0) is 44.8 Å². The molecule has 0 aliphatic heterocycles. The molecule has 0 fully saturated rings. The smallest absolute Gasteiger partial charge is 0.250 e. The quantitative estimate of drug-likeness (QED) is 0.865. The van der Waals surface area contributed by atoms with E-state index in [0.717, 1.165) is 5.56 Å². The normalized spacial score (nSPS) is 13.0. The lowest BCUT2D eigenvalue weighted by Crippen LogP contribution is -2.40. The lowest BCUT2D eigenvalue weighted by Gasteiger charge is -2.19. The van der Waals surface area contributed by atoms with Gasteiger partial charge in [0.15, 0.2) is 0 Å². The second-order valence-electron chi connectivity index (χ2n) is 4.66. The maximum Gasteiger partial charge on any atom is 0.250 e. The molecule has 0 atom stereocenters. The maximum atomic E-state index is 11.9. The third kappa shape index (κ3) is 3.86. The van der Waals surface area contributed by atoms with Gasteiger partial charge in [0.1, 0.15) is 4.21 Å². The number of rotatable bonds is 4. The Bertz CT molecular complexity index is 444. The Morgan fingerprint density at radius 1 is 1.38 bits per heavy atom. The summed E-state index contributed by atoms with van der Waals surface area (Å²) in [6.45, 7) is 6.16. The highest BCUT2D eigenvalue weighted by Crippen LogP contribution is 2.21. The second kappa shape index (κ2) is 4.83. The molecule has 0 saturated heterocycles. The van der Waals surface area contributed by atoms with Crippen molar-refractivity contribution in [2.24, 2.45) is 0 Å². The molecule has 16 heavy (non-hydrogen) atoms. The topological polar surface area (TPSA) is 58.2 Å². The number of nitrogens with one attached hydrogen (secondary N) is 2. The molecule has 1 aromatic heterocycles. The van der Waals surface area contributed by atoms with E-state index in [0.29, 0.717) is 10.8 Å². The van der Waals surface area contributed by atoms with E-state index in [1.165, 1.54) is 11.3 Å². The minimum absolute atomic E-state index is 0.368. The summed E-state index contributed by atoms with van der Waals surface area (Å²) in [6.07, 6.45) is 0. The molecule has 92 valence electrons. The number of thiophene rings is 1. The summed E-state index contributed by atoms with van der Waals surface area (Å²) in [4.78, 5) is 0. The zero-order chi connectivity index (χ0) is 12.4. The van der Waals surface area contributed by atoms with E-state index in [1.807, 2.05) is 33.2 Å². The molecule has 0 unspecified atom stereocenters. The highest BCUT2D eigenvalue weighted by Gasteiger charge is 2.23. The summed E-state index contributed by atoms with van der Waals surface area (Å²) >= 11 is 1.25. The summed E-state index contributed by atoms with van der Waals surface area (Å²) in [5.41, 5.74) is 0.535. The van der Waals surface area contributed by atoms with Crippen LogP contribution in [0.2, 0.25) is 0 Å². The summed E-state index contributed by atoms with van der Waals surface area (Å²) in [5, 5.41) is 4.84. The average Bonchev–Trinajstić information content (AvgIpc) is 2.49. The molecule has 6 heteroatoms. The van der Waals surface area contributed by atoms with Crippen molar-refractivity contribution in [2.75, 3.05) is 7.05 Å². The average molecular weight is 262 g/mol. The predicted molar refractivity (Wildman–Crippen MR) is 67.2 cm³/mol. The maximum absolute atomic E-state index is 11.9. The van der Waals surface area contributed by atoms with Crippen LogP contribution in [0.4, 0.5) is 0 Å². The van der Waals surface area contributed by atoms with Crippen molar-refractivity contribution >= 4 is 21.4 Å². The Morgan fingerprint density at radius 3 is 2.50 bits per heavy atom. The van der Waals surface area contributed by atoms with Crippen LogP contribution in [0.3, 0.4) is 0 Å². The van der Waals surface area contributed by atoms with Gasteiger partial charge in [-0.25, -0.2) is 13.1 Å². The monoisotopic (exact) mass is 262 g/mol. The molecule has 0 spiro atoms. The Labute approximate surface area is 101 Å². The highest BCUT2D eigenvalue weighted by atomic mass is 32.2. The first kappa shape index (κ1) is 13.6. The fourth-order valence-electron chi connectivity index (χ4n) is 1.24. The molecular formula is C10H18N2O2S2. The van der Waals surface area contributed by atoms with Crippen LogP contribution in [0.15, 0.2) is 15.7 Å². The SMILES string of the molecule is CNCc1csc(S(=O)(=O)NC(C)(C)C)c1. The van der Waals surface area contributed by atoms with Crippen LogP contribution in [-0.2, 0) is 16.6 Å². The van der Waals surface area contributed by atoms with Crippen LogP contribution in [0, 0.1) is 0 Å². The molecule has 4 nitrogen and oxygen atoms in total. The van der Waals surface area contributed by atoms with E-state index < -0.39 is 15.6 Å². The van der Waals surface area contributed by atoms with E-state index in [-0.39, 0.29) is 0 Å².